The predicted octanol–water partition coefficient (Wildman–Crippen LogP) is 1.50. The molecular formula is C13H15N3O2. The van der Waals surface area contributed by atoms with E-state index in [2.05, 4.69) is 4.98 Å². The molecule has 0 aliphatic heterocycles. The monoisotopic (exact) mass is 245 g/mol. The molecule has 1 aromatic carbocycles. The van der Waals surface area contributed by atoms with Crippen LogP contribution in [0.5, 0.6) is 0 Å². The summed E-state index contributed by atoms with van der Waals surface area (Å²) in [4.78, 5) is 16.4. The maximum absolute atomic E-state index is 12.1. The second-order valence-electron chi connectivity index (χ2n) is 4.91. The van der Waals surface area contributed by atoms with E-state index < -0.39 is 5.41 Å². The summed E-state index contributed by atoms with van der Waals surface area (Å²) in [6.07, 6.45) is 1.69. The lowest BCUT2D eigenvalue weighted by Gasteiger charge is -2.19. The van der Waals surface area contributed by atoms with Crippen molar-refractivity contribution in [3.8, 4) is 0 Å². The van der Waals surface area contributed by atoms with E-state index in [1.54, 1.807) is 7.05 Å². The Hall–Kier alpha value is -1.88. The Labute approximate surface area is 105 Å². The molecule has 0 saturated heterocycles. The fourth-order valence-corrected chi connectivity index (χ4v) is 2.43. The summed E-state index contributed by atoms with van der Waals surface area (Å²) in [6, 6.07) is 5.73. The van der Waals surface area contributed by atoms with Crippen LogP contribution in [-0.2, 0) is 10.2 Å². The third-order valence-electron chi connectivity index (χ3n) is 3.53. The van der Waals surface area contributed by atoms with Gasteiger partial charge in [-0.05, 0) is 30.5 Å². The summed E-state index contributed by atoms with van der Waals surface area (Å²) in [5.41, 5.74) is 2.08. The Bertz CT molecular complexity index is 626. The molecule has 1 fully saturated rings. The van der Waals surface area contributed by atoms with Gasteiger partial charge < -0.3 is 4.42 Å². The van der Waals surface area contributed by atoms with Gasteiger partial charge in [-0.25, -0.2) is 10.8 Å². The first kappa shape index (κ1) is 11.2. The van der Waals surface area contributed by atoms with E-state index in [-0.39, 0.29) is 5.91 Å². The summed E-state index contributed by atoms with van der Waals surface area (Å²) in [6.45, 7) is 1.81. The molecule has 18 heavy (non-hydrogen) atoms. The van der Waals surface area contributed by atoms with E-state index in [1.165, 1.54) is 5.01 Å². The highest BCUT2D eigenvalue weighted by atomic mass is 16.3. The Kier molecular flexibility index (Phi) is 2.22. The Morgan fingerprint density at radius 3 is 2.83 bits per heavy atom. The molecule has 1 aromatic heterocycles. The fourth-order valence-electron chi connectivity index (χ4n) is 2.43. The highest BCUT2D eigenvalue weighted by molar-refractivity contribution is 5.91. The summed E-state index contributed by atoms with van der Waals surface area (Å²) in [5.74, 6) is 6.16. The quantitative estimate of drug-likeness (QED) is 0.494. The molecule has 1 aliphatic carbocycles. The van der Waals surface area contributed by atoms with E-state index in [4.69, 9.17) is 10.3 Å². The lowest BCUT2D eigenvalue weighted by atomic mass is 9.94. The first-order valence-corrected chi connectivity index (χ1v) is 5.93. The molecule has 0 unspecified atom stereocenters. The van der Waals surface area contributed by atoms with Crippen molar-refractivity contribution in [3.63, 3.8) is 0 Å². The largest absolute Gasteiger partial charge is 0.441 e. The number of amides is 1. The number of hydrazine groups is 1. The van der Waals surface area contributed by atoms with Crippen molar-refractivity contribution in [1.29, 1.82) is 0 Å². The highest BCUT2D eigenvalue weighted by Gasteiger charge is 2.52. The lowest BCUT2D eigenvalue weighted by molar-refractivity contribution is -0.132. The third-order valence-corrected chi connectivity index (χ3v) is 3.53. The molecule has 94 valence electrons. The zero-order chi connectivity index (χ0) is 12.9. The Morgan fingerprint density at radius 2 is 2.22 bits per heavy atom. The van der Waals surface area contributed by atoms with Gasteiger partial charge in [0.05, 0.1) is 5.41 Å². The zero-order valence-electron chi connectivity index (χ0n) is 10.4. The Morgan fingerprint density at radius 1 is 1.50 bits per heavy atom. The second kappa shape index (κ2) is 3.55. The number of oxazole rings is 1. The Balaban J connectivity index is 2.06. The normalized spacial score (nSPS) is 16.8. The maximum atomic E-state index is 12.1. The van der Waals surface area contributed by atoms with E-state index in [1.807, 2.05) is 25.1 Å². The van der Waals surface area contributed by atoms with Gasteiger partial charge >= 0.3 is 0 Å². The number of likely N-dealkylation sites (N-methyl/N-ethyl adjacent to an activating group) is 1. The van der Waals surface area contributed by atoms with E-state index in [0.717, 1.165) is 29.5 Å². The molecule has 0 atom stereocenters. The van der Waals surface area contributed by atoms with Gasteiger partial charge in [-0.1, -0.05) is 6.07 Å². The number of nitrogens with two attached hydrogens (primary N) is 1. The van der Waals surface area contributed by atoms with Crippen LogP contribution in [0, 0.1) is 6.92 Å². The van der Waals surface area contributed by atoms with E-state index in [9.17, 15) is 4.79 Å². The number of hydrogen-bond acceptors (Lipinski definition) is 4. The fraction of sp³-hybridized carbons (Fsp3) is 0.385. The second-order valence-corrected chi connectivity index (χ2v) is 4.91. The van der Waals surface area contributed by atoms with Crippen molar-refractivity contribution in [3.05, 3.63) is 29.7 Å². The molecule has 1 amide bonds. The van der Waals surface area contributed by atoms with Crippen molar-refractivity contribution in [2.75, 3.05) is 7.05 Å². The summed E-state index contributed by atoms with van der Waals surface area (Å²) < 4.78 is 5.43. The van der Waals surface area contributed by atoms with Crippen LogP contribution in [0.25, 0.3) is 11.1 Å². The number of hydrogen-bond donors (Lipinski definition) is 1. The molecule has 0 spiro atoms. The minimum Gasteiger partial charge on any atom is -0.441 e. The van der Waals surface area contributed by atoms with Gasteiger partial charge in [-0.15, -0.1) is 0 Å². The first-order chi connectivity index (χ1) is 8.53. The van der Waals surface area contributed by atoms with Crippen LogP contribution in [0.2, 0.25) is 0 Å². The number of aryl methyl sites for hydroxylation is 1. The van der Waals surface area contributed by atoms with Gasteiger partial charge in [-0.2, -0.15) is 0 Å². The summed E-state index contributed by atoms with van der Waals surface area (Å²) in [7, 11) is 1.58. The van der Waals surface area contributed by atoms with Crippen molar-refractivity contribution in [2.24, 2.45) is 5.84 Å². The molecule has 5 nitrogen and oxygen atoms in total. The van der Waals surface area contributed by atoms with Gasteiger partial charge in [0, 0.05) is 14.0 Å². The average Bonchev–Trinajstić information content (AvgIpc) is 3.04. The van der Waals surface area contributed by atoms with Crippen molar-refractivity contribution in [1.82, 2.24) is 9.99 Å². The molecule has 3 rings (SSSR count). The molecule has 5 heteroatoms. The van der Waals surface area contributed by atoms with Gasteiger partial charge in [0.15, 0.2) is 11.5 Å². The SMILES string of the molecule is Cc1nc2cc(C3(C(=O)N(C)N)CC3)ccc2o1. The first-order valence-electron chi connectivity index (χ1n) is 5.93. The van der Waals surface area contributed by atoms with Crippen molar-refractivity contribution in [2.45, 2.75) is 25.2 Å². The smallest absolute Gasteiger partial charge is 0.246 e. The molecule has 2 N–H and O–H groups in total. The summed E-state index contributed by atoms with van der Waals surface area (Å²) in [5, 5.41) is 1.17. The van der Waals surface area contributed by atoms with Crippen LogP contribution < -0.4 is 5.84 Å². The lowest BCUT2D eigenvalue weighted by Crippen LogP contribution is -2.41. The third kappa shape index (κ3) is 1.51. The van der Waals surface area contributed by atoms with Crippen molar-refractivity contribution < 1.29 is 9.21 Å². The molecular weight excluding hydrogens is 230 g/mol. The molecule has 1 saturated carbocycles. The van der Waals surface area contributed by atoms with E-state index >= 15 is 0 Å². The molecule has 0 bridgehead atoms. The minimum absolute atomic E-state index is 0.0398. The van der Waals surface area contributed by atoms with Gasteiger partial charge in [0.2, 0.25) is 5.91 Å². The molecule has 2 aromatic rings. The van der Waals surface area contributed by atoms with Crippen LogP contribution in [0.15, 0.2) is 22.6 Å². The van der Waals surface area contributed by atoms with Crippen LogP contribution in [-0.4, -0.2) is 22.9 Å². The van der Waals surface area contributed by atoms with Crippen LogP contribution in [0.4, 0.5) is 0 Å². The number of carbonyl (C=O) groups excluding carboxylic acids is 1. The van der Waals surface area contributed by atoms with Gasteiger partial charge in [-0.3, -0.25) is 9.80 Å². The molecule has 1 aliphatic rings. The van der Waals surface area contributed by atoms with Crippen LogP contribution >= 0.6 is 0 Å². The van der Waals surface area contributed by atoms with Crippen molar-refractivity contribution >= 4 is 17.0 Å². The molecule has 0 radical (unpaired) electrons. The number of aromatic nitrogens is 1. The average molecular weight is 245 g/mol. The van der Waals surface area contributed by atoms with Gasteiger partial charge in [0.25, 0.3) is 0 Å². The van der Waals surface area contributed by atoms with Crippen LogP contribution in [0.1, 0.15) is 24.3 Å². The number of benzene rings is 1. The number of rotatable bonds is 2. The number of nitrogens with zero attached hydrogens (tertiary/aromatic N) is 2. The van der Waals surface area contributed by atoms with E-state index in [0.29, 0.717) is 5.89 Å². The predicted molar refractivity (Wildman–Crippen MR) is 66.6 cm³/mol. The number of carbonyl (C=O) groups is 1. The van der Waals surface area contributed by atoms with Crippen LogP contribution in [0.3, 0.4) is 0 Å². The van der Waals surface area contributed by atoms with Gasteiger partial charge in [0.1, 0.15) is 5.52 Å². The minimum atomic E-state index is -0.440. The summed E-state index contributed by atoms with van der Waals surface area (Å²) >= 11 is 0. The number of fused-ring (bicyclic) bond motifs is 1. The molecule has 1 heterocycles. The standard InChI is InChI=1S/C13H15N3O2/c1-8-15-10-7-9(3-4-11(10)18-8)13(5-6-13)12(17)16(2)14/h3-4,7H,5-6,14H2,1-2H3. The maximum Gasteiger partial charge on any atom is 0.246 e. The topological polar surface area (TPSA) is 72.4 Å². The highest BCUT2D eigenvalue weighted by Crippen LogP contribution is 2.49. The zero-order valence-corrected chi connectivity index (χ0v) is 10.4.